The quantitative estimate of drug-likeness (QED) is 0.649. The summed E-state index contributed by atoms with van der Waals surface area (Å²) in [5.41, 5.74) is 2.94. The van der Waals surface area contributed by atoms with E-state index in [2.05, 4.69) is 51.4 Å². The van der Waals surface area contributed by atoms with E-state index in [0.717, 1.165) is 12.2 Å². The normalized spacial score (nSPS) is 10.6. The number of nitrogens with one attached hydrogen (secondary N) is 1. The van der Waals surface area contributed by atoms with Gasteiger partial charge < -0.3 is 10.2 Å². The van der Waals surface area contributed by atoms with Crippen LogP contribution in [0, 0.1) is 6.92 Å². The summed E-state index contributed by atoms with van der Waals surface area (Å²) < 4.78 is 0. The van der Waals surface area contributed by atoms with E-state index in [4.69, 9.17) is 23.2 Å². The van der Waals surface area contributed by atoms with Gasteiger partial charge in [0.1, 0.15) is 0 Å². The summed E-state index contributed by atoms with van der Waals surface area (Å²) in [4.78, 5) is 6.63. The number of aryl methyl sites for hydroxylation is 1. The molecular formula is C18H17Cl2N5. The van der Waals surface area contributed by atoms with Crippen molar-refractivity contribution in [2.45, 2.75) is 13.8 Å². The van der Waals surface area contributed by atoms with E-state index in [1.165, 1.54) is 5.56 Å². The number of halogens is 2. The van der Waals surface area contributed by atoms with Gasteiger partial charge in [-0.15, -0.1) is 5.10 Å². The monoisotopic (exact) mass is 373 g/mol. The van der Waals surface area contributed by atoms with Crippen molar-refractivity contribution in [3.8, 4) is 0 Å². The van der Waals surface area contributed by atoms with Gasteiger partial charge in [-0.3, -0.25) is 0 Å². The zero-order valence-corrected chi connectivity index (χ0v) is 15.4. The Hall–Kier alpha value is -2.37. The lowest BCUT2D eigenvalue weighted by Crippen LogP contribution is -2.18. The fourth-order valence-corrected chi connectivity index (χ4v) is 3.03. The highest BCUT2D eigenvalue weighted by Gasteiger charge is 2.11. The molecule has 0 unspecified atom stereocenters. The number of anilines is 4. The van der Waals surface area contributed by atoms with E-state index in [0.29, 0.717) is 27.5 Å². The van der Waals surface area contributed by atoms with E-state index >= 15 is 0 Å². The minimum atomic E-state index is 0.377. The van der Waals surface area contributed by atoms with Crippen molar-refractivity contribution in [3.05, 3.63) is 64.3 Å². The van der Waals surface area contributed by atoms with Crippen molar-refractivity contribution >= 4 is 46.3 Å². The summed E-state index contributed by atoms with van der Waals surface area (Å²) in [5.74, 6) is 1.08. The molecule has 0 aliphatic rings. The van der Waals surface area contributed by atoms with Crippen LogP contribution in [0.15, 0.2) is 48.7 Å². The van der Waals surface area contributed by atoms with Gasteiger partial charge in [0.15, 0.2) is 5.82 Å². The zero-order chi connectivity index (χ0) is 17.8. The maximum Gasteiger partial charge on any atom is 0.249 e. The van der Waals surface area contributed by atoms with Crippen molar-refractivity contribution in [1.82, 2.24) is 15.2 Å². The summed E-state index contributed by atoms with van der Waals surface area (Å²) in [6.45, 7) is 4.88. The first-order valence-electron chi connectivity index (χ1n) is 7.82. The number of hydrogen-bond donors (Lipinski definition) is 1. The van der Waals surface area contributed by atoms with Gasteiger partial charge >= 0.3 is 0 Å². The Bertz CT molecular complexity index is 865. The molecule has 3 aromatic rings. The minimum absolute atomic E-state index is 0.377. The highest BCUT2D eigenvalue weighted by molar-refractivity contribution is 6.35. The van der Waals surface area contributed by atoms with E-state index in [-0.39, 0.29) is 0 Å². The Labute approximate surface area is 156 Å². The maximum atomic E-state index is 6.03. The molecule has 128 valence electrons. The molecule has 7 heteroatoms. The first-order chi connectivity index (χ1) is 12.0. The van der Waals surface area contributed by atoms with Gasteiger partial charge in [-0.2, -0.15) is 10.1 Å². The number of aromatic nitrogens is 3. The van der Waals surface area contributed by atoms with Gasteiger partial charge in [0.25, 0.3) is 0 Å². The Balaban J connectivity index is 1.89. The molecule has 0 aliphatic carbocycles. The second kappa shape index (κ2) is 7.68. The molecule has 5 nitrogen and oxygen atoms in total. The second-order valence-electron chi connectivity index (χ2n) is 5.50. The number of benzene rings is 2. The molecule has 0 saturated heterocycles. The Kier molecular flexibility index (Phi) is 5.36. The third-order valence-electron chi connectivity index (χ3n) is 3.57. The van der Waals surface area contributed by atoms with E-state index in [1.54, 1.807) is 24.4 Å². The Morgan fingerprint density at radius 3 is 2.52 bits per heavy atom. The molecule has 0 radical (unpaired) electrons. The summed E-state index contributed by atoms with van der Waals surface area (Å²) in [5, 5.41) is 12.3. The summed E-state index contributed by atoms with van der Waals surface area (Å²) in [6, 6.07) is 13.4. The average Bonchev–Trinajstić information content (AvgIpc) is 2.55. The molecule has 1 aromatic heterocycles. The molecule has 0 atom stereocenters. The minimum Gasteiger partial charge on any atom is -0.325 e. The van der Waals surface area contributed by atoms with Gasteiger partial charge in [0.2, 0.25) is 5.95 Å². The third kappa shape index (κ3) is 4.38. The molecule has 0 amide bonds. The highest BCUT2D eigenvalue weighted by atomic mass is 35.5. The van der Waals surface area contributed by atoms with E-state index < -0.39 is 0 Å². The highest BCUT2D eigenvalue weighted by Crippen LogP contribution is 2.26. The first kappa shape index (κ1) is 17.5. The van der Waals surface area contributed by atoms with Crippen molar-refractivity contribution in [3.63, 3.8) is 0 Å². The van der Waals surface area contributed by atoms with Crippen LogP contribution in [0.25, 0.3) is 0 Å². The molecule has 0 fully saturated rings. The predicted octanol–water partition coefficient (Wildman–Crippen LogP) is 5.39. The van der Waals surface area contributed by atoms with Crippen LogP contribution in [-0.2, 0) is 0 Å². The third-order valence-corrected chi connectivity index (χ3v) is 4.01. The van der Waals surface area contributed by atoms with Crippen molar-refractivity contribution in [2.75, 3.05) is 16.8 Å². The molecule has 0 bridgehead atoms. The van der Waals surface area contributed by atoms with Gasteiger partial charge in [0.05, 0.1) is 6.20 Å². The van der Waals surface area contributed by atoms with Gasteiger partial charge in [-0.05, 0) is 49.7 Å². The van der Waals surface area contributed by atoms with Gasteiger partial charge in [-0.25, -0.2) is 0 Å². The molecule has 3 rings (SSSR count). The van der Waals surface area contributed by atoms with E-state index in [9.17, 15) is 0 Å². The fraction of sp³-hybridized carbons (Fsp3) is 0.167. The molecule has 1 heterocycles. The number of nitrogens with zero attached hydrogens (tertiary/aromatic N) is 4. The Morgan fingerprint density at radius 2 is 1.84 bits per heavy atom. The standard InChI is InChI=1S/C18H17Cl2N5/c1-3-25(16-6-4-5-12(2)7-16)17-11-21-24-18(23-17)22-15-9-13(19)8-14(20)10-15/h4-11H,3H2,1-2H3,(H,22,23,24). The van der Waals surface area contributed by atoms with Crippen molar-refractivity contribution in [2.24, 2.45) is 0 Å². The lowest BCUT2D eigenvalue weighted by Gasteiger charge is -2.22. The maximum absolute atomic E-state index is 6.03. The fourth-order valence-electron chi connectivity index (χ4n) is 2.51. The summed E-state index contributed by atoms with van der Waals surface area (Å²) in [7, 11) is 0. The second-order valence-corrected chi connectivity index (χ2v) is 6.38. The Morgan fingerprint density at radius 1 is 1.08 bits per heavy atom. The average molecular weight is 374 g/mol. The van der Waals surface area contributed by atoms with Crippen LogP contribution in [0.4, 0.5) is 23.1 Å². The molecule has 1 N–H and O–H groups in total. The molecule has 0 saturated carbocycles. The van der Waals surface area contributed by atoms with Crippen LogP contribution < -0.4 is 10.2 Å². The number of hydrogen-bond acceptors (Lipinski definition) is 5. The smallest absolute Gasteiger partial charge is 0.249 e. The van der Waals surface area contributed by atoms with Gasteiger partial charge in [-0.1, -0.05) is 35.3 Å². The predicted molar refractivity (Wildman–Crippen MR) is 103 cm³/mol. The summed E-state index contributed by atoms with van der Waals surface area (Å²) >= 11 is 12.1. The zero-order valence-electron chi connectivity index (χ0n) is 13.9. The van der Waals surface area contributed by atoms with Crippen LogP contribution in [-0.4, -0.2) is 21.7 Å². The van der Waals surface area contributed by atoms with Crippen LogP contribution in [0.2, 0.25) is 10.0 Å². The van der Waals surface area contributed by atoms with Crippen molar-refractivity contribution < 1.29 is 0 Å². The van der Waals surface area contributed by atoms with Gasteiger partial charge in [0, 0.05) is 28.0 Å². The van der Waals surface area contributed by atoms with Crippen LogP contribution in [0.1, 0.15) is 12.5 Å². The molecule has 0 aliphatic heterocycles. The lowest BCUT2D eigenvalue weighted by atomic mass is 10.2. The SMILES string of the molecule is CCN(c1cccc(C)c1)c1cnnc(Nc2cc(Cl)cc(Cl)c2)n1. The van der Waals surface area contributed by atoms with E-state index in [1.807, 2.05) is 12.1 Å². The molecular weight excluding hydrogens is 357 g/mol. The molecule has 25 heavy (non-hydrogen) atoms. The largest absolute Gasteiger partial charge is 0.325 e. The lowest BCUT2D eigenvalue weighted by molar-refractivity contribution is 0.921. The summed E-state index contributed by atoms with van der Waals surface area (Å²) in [6.07, 6.45) is 1.64. The van der Waals surface area contributed by atoms with Crippen LogP contribution in [0.3, 0.4) is 0 Å². The number of rotatable bonds is 5. The van der Waals surface area contributed by atoms with Crippen LogP contribution in [0.5, 0.6) is 0 Å². The van der Waals surface area contributed by atoms with Crippen LogP contribution >= 0.6 is 23.2 Å². The molecule has 2 aromatic carbocycles. The molecule has 0 spiro atoms. The first-order valence-corrected chi connectivity index (χ1v) is 8.58. The topological polar surface area (TPSA) is 53.9 Å². The van der Waals surface area contributed by atoms with Crippen molar-refractivity contribution in [1.29, 1.82) is 0 Å².